The van der Waals surface area contributed by atoms with Gasteiger partial charge in [0.05, 0.1) is 11.5 Å². The van der Waals surface area contributed by atoms with Crippen LogP contribution in [0.4, 0.5) is 0 Å². The third-order valence-corrected chi connectivity index (χ3v) is 4.10. The summed E-state index contributed by atoms with van der Waals surface area (Å²) in [6, 6.07) is 4.54. The Balaban J connectivity index is 2.42. The van der Waals surface area contributed by atoms with E-state index in [4.69, 9.17) is 20.2 Å². The topological polar surface area (TPSA) is 52.6 Å². The molecule has 0 saturated carbocycles. The number of hydrogen-bond acceptors (Lipinski definition) is 4. The number of rotatable bonds is 8. The monoisotopic (exact) mass is 320 g/mol. The molecule has 1 rings (SSSR count). The Morgan fingerprint density at radius 1 is 1.20 bits per heavy atom. The summed E-state index contributed by atoms with van der Waals surface area (Å²) in [7, 11) is 1.59. The highest BCUT2D eigenvalue weighted by molar-refractivity contribution is 8.13. The number of halogens is 1. The van der Waals surface area contributed by atoms with Crippen LogP contribution >= 0.6 is 10.7 Å². The zero-order valence-corrected chi connectivity index (χ0v) is 13.6. The van der Waals surface area contributed by atoms with Gasteiger partial charge in [0.15, 0.2) is 0 Å². The zero-order chi connectivity index (χ0) is 15.2. The van der Waals surface area contributed by atoms with Crippen LogP contribution in [-0.2, 0) is 13.8 Å². The van der Waals surface area contributed by atoms with E-state index >= 15 is 0 Å². The van der Waals surface area contributed by atoms with E-state index in [-0.39, 0.29) is 4.90 Å². The maximum Gasteiger partial charge on any atom is 0.261 e. The molecule has 0 aliphatic rings. The van der Waals surface area contributed by atoms with Crippen LogP contribution in [0.5, 0.6) is 5.75 Å². The molecule has 0 amide bonds. The Bertz CT molecular complexity index is 526. The van der Waals surface area contributed by atoms with Gasteiger partial charge in [-0.2, -0.15) is 0 Å². The fraction of sp³-hybridized carbons (Fsp3) is 0.571. The van der Waals surface area contributed by atoms with Crippen molar-refractivity contribution in [1.82, 2.24) is 0 Å². The molecule has 20 heavy (non-hydrogen) atoms. The van der Waals surface area contributed by atoms with Crippen molar-refractivity contribution in [3.05, 3.63) is 23.8 Å². The van der Waals surface area contributed by atoms with Crippen molar-refractivity contribution in [2.75, 3.05) is 19.8 Å². The molecule has 0 atom stereocenters. The lowest BCUT2D eigenvalue weighted by atomic mass is 10.1. The third kappa shape index (κ3) is 6.11. The molecule has 0 bridgehead atoms. The molecule has 0 saturated heterocycles. The minimum atomic E-state index is -3.69. The largest absolute Gasteiger partial charge is 0.491 e. The third-order valence-electron chi connectivity index (χ3n) is 2.75. The van der Waals surface area contributed by atoms with Gasteiger partial charge in [-0.05, 0) is 43.0 Å². The van der Waals surface area contributed by atoms with Crippen LogP contribution in [0.15, 0.2) is 23.1 Å². The number of aryl methyl sites for hydroxylation is 1. The van der Waals surface area contributed by atoms with Gasteiger partial charge in [-0.25, -0.2) is 8.42 Å². The predicted octanol–water partition coefficient (Wildman–Crippen LogP) is 3.36. The summed E-state index contributed by atoms with van der Waals surface area (Å²) in [5, 5.41) is 0. The average Bonchev–Trinajstić information content (AvgIpc) is 2.33. The SMILES string of the molecule is Cc1cc(S(=O)(=O)Cl)ccc1OCCOCCC(C)C. The minimum Gasteiger partial charge on any atom is -0.491 e. The molecular formula is C14H21ClO4S. The standard InChI is InChI=1S/C14H21ClO4S/c1-11(2)6-7-18-8-9-19-14-5-4-13(10-12(14)3)20(15,16)17/h4-5,10-11H,6-9H2,1-3H3. The van der Waals surface area contributed by atoms with Gasteiger partial charge in [0.2, 0.25) is 0 Å². The van der Waals surface area contributed by atoms with Crippen LogP contribution in [0.1, 0.15) is 25.8 Å². The summed E-state index contributed by atoms with van der Waals surface area (Å²) in [5.74, 6) is 1.27. The zero-order valence-electron chi connectivity index (χ0n) is 12.1. The molecule has 0 N–H and O–H groups in total. The summed E-state index contributed by atoms with van der Waals surface area (Å²) in [6.07, 6.45) is 1.03. The first-order valence-electron chi connectivity index (χ1n) is 6.56. The summed E-state index contributed by atoms with van der Waals surface area (Å²) < 4.78 is 33.4. The van der Waals surface area contributed by atoms with Gasteiger partial charge in [-0.1, -0.05) is 13.8 Å². The highest BCUT2D eigenvalue weighted by atomic mass is 35.7. The molecule has 0 spiro atoms. The number of benzene rings is 1. The Morgan fingerprint density at radius 3 is 2.45 bits per heavy atom. The first kappa shape index (κ1) is 17.3. The lowest BCUT2D eigenvalue weighted by Gasteiger charge is -2.11. The van der Waals surface area contributed by atoms with Crippen molar-refractivity contribution < 1.29 is 17.9 Å². The van der Waals surface area contributed by atoms with Gasteiger partial charge in [0, 0.05) is 17.3 Å². The summed E-state index contributed by atoms with van der Waals surface area (Å²) in [4.78, 5) is 0.0807. The van der Waals surface area contributed by atoms with E-state index in [1.807, 2.05) is 0 Å². The maximum absolute atomic E-state index is 11.2. The van der Waals surface area contributed by atoms with Crippen LogP contribution in [-0.4, -0.2) is 28.2 Å². The van der Waals surface area contributed by atoms with Crippen molar-refractivity contribution in [1.29, 1.82) is 0 Å². The van der Waals surface area contributed by atoms with Gasteiger partial charge in [-0.3, -0.25) is 0 Å². The molecule has 6 heteroatoms. The molecule has 0 aromatic heterocycles. The van der Waals surface area contributed by atoms with E-state index in [1.54, 1.807) is 13.0 Å². The fourth-order valence-corrected chi connectivity index (χ4v) is 2.40. The molecular weight excluding hydrogens is 300 g/mol. The van der Waals surface area contributed by atoms with Crippen LogP contribution in [0.3, 0.4) is 0 Å². The van der Waals surface area contributed by atoms with Gasteiger partial charge in [0.1, 0.15) is 12.4 Å². The van der Waals surface area contributed by atoms with Crippen LogP contribution in [0.2, 0.25) is 0 Å². The van der Waals surface area contributed by atoms with E-state index in [1.165, 1.54) is 12.1 Å². The van der Waals surface area contributed by atoms with E-state index < -0.39 is 9.05 Å². The van der Waals surface area contributed by atoms with Crippen molar-refractivity contribution >= 4 is 19.7 Å². The molecule has 0 fully saturated rings. The summed E-state index contributed by atoms with van der Waals surface area (Å²) >= 11 is 0. The van der Waals surface area contributed by atoms with Crippen molar-refractivity contribution in [3.63, 3.8) is 0 Å². The van der Waals surface area contributed by atoms with Crippen LogP contribution in [0, 0.1) is 12.8 Å². The van der Waals surface area contributed by atoms with Gasteiger partial charge < -0.3 is 9.47 Å². The molecule has 0 heterocycles. The Kier molecular flexibility index (Phi) is 6.79. The van der Waals surface area contributed by atoms with Crippen LogP contribution < -0.4 is 4.74 Å². The van der Waals surface area contributed by atoms with Crippen LogP contribution in [0.25, 0.3) is 0 Å². The summed E-state index contributed by atoms with van der Waals surface area (Å²) in [5.41, 5.74) is 0.730. The van der Waals surface area contributed by atoms with Crippen molar-refractivity contribution in [2.45, 2.75) is 32.1 Å². The lowest BCUT2D eigenvalue weighted by molar-refractivity contribution is 0.0923. The quantitative estimate of drug-likeness (QED) is 0.544. The van der Waals surface area contributed by atoms with E-state index in [2.05, 4.69) is 13.8 Å². The Morgan fingerprint density at radius 2 is 1.90 bits per heavy atom. The second-order valence-corrected chi connectivity index (χ2v) is 7.57. The van der Waals surface area contributed by atoms with E-state index in [0.717, 1.165) is 18.6 Å². The molecule has 114 valence electrons. The van der Waals surface area contributed by atoms with Gasteiger partial charge in [-0.15, -0.1) is 0 Å². The van der Waals surface area contributed by atoms with Gasteiger partial charge >= 0.3 is 0 Å². The fourth-order valence-electron chi connectivity index (χ4n) is 1.57. The molecule has 1 aromatic rings. The first-order chi connectivity index (χ1) is 9.30. The van der Waals surface area contributed by atoms with E-state index in [0.29, 0.717) is 24.9 Å². The Labute approximate surface area is 125 Å². The molecule has 4 nitrogen and oxygen atoms in total. The molecule has 0 unspecified atom stereocenters. The maximum atomic E-state index is 11.2. The summed E-state index contributed by atoms with van der Waals surface area (Å²) in [6.45, 7) is 7.75. The first-order valence-corrected chi connectivity index (χ1v) is 8.87. The molecule has 0 aliphatic heterocycles. The van der Waals surface area contributed by atoms with E-state index in [9.17, 15) is 8.42 Å². The lowest BCUT2D eigenvalue weighted by Crippen LogP contribution is -2.09. The molecule has 1 aromatic carbocycles. The van der Waals surface area contributed by atoms with Crippen molar-refractivity contribution in [3.8, 4) is 5.75 Å². The predicted molar refractivity (Wildman–Crippen MR) is 80.0 cm³/mol. The molecule has 0 radical (unpaired) electrons. The average molecular weight is 321 g/mol. The van der Waals surface area contributed by atoms with Gasteiger partial charge in [0.25, 0.3) is 9.05 Å². The Hall–Kier alpha value is -0.780. The highest BCUT2D eigenvalue weighted by Gasteiger charge is 2.11. The number of ether oxygens (including phenoxy) is 2. The normalized spacial score (nSPS) is 11.8. The van der Waals surface area contributed by atoms with Crippen molar-refractivity contribution in [2.24, 2.45) is 5.92 Å². The second-order valence-electron chi connectivity index (χ2n) is 5.01. The smallest absolute Gasteiger partial charge is 0.261 e. The number of hydrogen-bond donors (Lipinski definition) is 0. The highest BCUT2D eigenvalue weighted by Crippen LogP contribution is 2.23. The molecule has 0 aliphatic carbocycles. The minimum absolute atomic E-state index is 0.0807. The second kappa shape index (κ2) is 7.86.